The number of carbonyl (C=O) groups excluding carboxylic acids is 1. The number of amides is 1. The van der Waals surface area contributed by atoms with E-state index < -0.39 is 0 Å². The second-order valence-electron chi connectivity index (χ2n) is 3.58. The van der Waals surface area contributed by atoms with Crippen molar-refractivity contribution < 1.29 is 4.79 Å². The number of aryl methyl sites for hydroxylation is 1. The quantitative estimate of drug-likeness (QED) is 0.832. The van der Waals surface area contributed by atoms with E-state index in [1.165, 1.54) is 6.33 Å². The van der Waals surface area contributed by atoms with E-state index >= 15 is 0 Å². The Morgan fingerprint density at radius 1 is 1.31 bits per heavy atom. The number of para-hydroxylation sites is 1. The van der Waals surface area contributed by atoms with Crippen LogP contribution in [0.15, 0.2) is 36.7 Å². The van der Waals surface area contributed by atoms with Gasteiger partial charge in [0, 0.05) is 18.4 Å². The Morgan fingerprint density at radius 2 is 2.00 bits per heavy atom. The Kier molecular flexibility index (Phi) is 2.72. The van der Waals surface area contributed by atoms with E-state index in [9.17, 15) is 4.79 Å². The Bertz CT molecular complexity index is 490. The molecule has 1 heterocycles. The zero-order valence-corrected chi connectivity index (χ0v) is 9.27. The summed E-state index contributed by atoms with van der Waals surface area (Å²) in [5, 5.41) is 0. The highest BCUT2D eigenvalue weighted by molar-refractivity contribution is 6.05. The summed E-state index contributed by atoms with van der Waals surface area (Å²) in [4.78, 5) is 20.6. The van der Waals surface area contributed by atoms with Gasteiger partial charge in [-0.25, -0.2) is 4.98 Å². The molecule has 1 amide bonds. The molecule has 0 aliphatic carbocycles. The molecule has 0 bridgehead atoms. The summed E-state index contributed by atoms with van der Waals surface area (Å²) in [7, 11) is 1.74. The standard InChI is InChI=1S/C12H13N3O/c1-9-11(14-8-13-9)12(16)15(2)10-6-4-3-5-7-10/h3-8H,1-2H3,(H,13,14). The first-order valence-corrected chi connectivity index (χ1v) is 5.03. The molecule has 2 aromatic rings. The number of aromatic amines is 1. The minimum atomic E-state index is -0.107. The van der Waals surface area contributed by atoms with Crippen LogP contribution in [0, 0.1) is 6.92 Å². The number of imidazole rings is 1. The van der Waals surface area contributed by atoms with Crippen LogP contribution in [0.3, 0.4) is 0 Å². The first-order chi connectivity index (χ1) is 7.70. The minimum absolute atomic E-state index is 0.107. The van der Waals surface area contributed by atoms with E-state index in [4.69, 9.17) is 0 Å². The number of aromatic nitrogens is 2. The van der Waals surface area contributed by atoms with Crippen LogP contribution in [0.2, 0.25) is 0 Å². The highest BCUT2D eigenvalue weighted by atomic mass is 16.2. The zero-order valence-electron chi connectivity index (χ0n) is 9.27. The second kappa shape index (κ2) is 4.18. The highest BCUT2D eigenvalue weighted by Gasteiger charge is 2.17. The Morgan fingerprint density at radius 3 is 2.56 bits per heavy atom. The molecule has 0 aliphatic heterocycles. The lowest BCUT2D eigenvalue weighted by Crippen LogP contribution is -2.27. The molecule has 1 aromatic heterocycles. The van der Waals surface area contributed by atoms with Crippen LogP contribution in [0.5, 0.6) is 0 Å². The SMILES string of the molecule is Cc1[nH]cnc1C(=O)N(C)c1ccccc1. The number of H-pyrrole nitrogens is 1. The van der Waals surface area contributed by atoms with Gasteiger partial charge in [-0.3, -0.25) is 4.79 Å². The molecule has 0 spiro atoms. The number of benzene rings is 1. The van der Waals surface area contributed by atoms with Gasteiger partial charge in [0.2, 0.25) is 0 Å². The number of nitrogens with one attached hydrogen (secondary N) is 1. The van der Waals surface area contributed by atoms with Gasteiger partial charge in [-0.2, -0.15) is 0 Å². The number of nitrogens with zero attached hydrogens (tertiary/aromatic N) is 2. The molecule has 1 aromatic carbocycles. The van der Waals surface area contributed by atoms with Gasteiger partial charge in [-0.15, -0.1) is 0 Å². The van der Waals surface area contributed by atoms with E-state index in [-0.39, 0.29) is 5.91 Å². The summed E-state index contributed by atoms with van der Waals surface area (Å²) >= 11 is 0. The van der Waals surface area contributed by atoms with Crippen molar-refractivity contribution in [1.29, 1.82) is 0 Å². The average Bonchev–Trinajstić information content (AvgIpc) is 2.75. The molecular weight excluding hydrogens is 202 g/mol. The van der Waals surface area contributed by atoms with E-state index in [0.29, 0.717) is 5.69 Å². The van der Waals surface area contributed by atoms with Crippen LogP contribution in [-0.4, -0.2) is 22.9 Å². The summed E-state index contributed by atoms with van der Waals surface area (Å²) in [5.74, 6) is -0.107. The topological polar surface area (TPSA) is 49.0 Å². The molecule has 82 valence electrons. The number of hydrogen-bond donors (Lipinski definition) is 1. The van der Waals surface area contributed by atoms with Gasteiger partial charge in [-0.1, -0.05) is 18.2 Å². The Balaban J connectivity index is 2.27. The number of carbonyl (C=O) groups is 1. The fourth-order valence-corrected chi connectivity index (χ4v) is 1.50. The monoisotopic (exact) mass is 215 g/mol. The first kappa shape index (κ1) is 10.4. The largest absolute Gasteiger partial charge is 0.348 e. The Labute approximate surface area is 93.9 Å². The fraction of sp³-hybridized carbons (Fsp3) is 0.167. The summed E-state index contributed by atoms with van der Waals surface area (Å²) in [6.07, 6.45) is 1.53. The van der Waals surface area contributed by atoms with Gasteiger partial charge in [0.1, 0.15) is 5.69 Å². The van der Waals surface area contributed by atoms with Crippen molar-refractivity contribution in [2.75, 3.05) is 11.9 Å². The van der Waals surface area contributed by atoms with Crippen LogP contribution in [0.25, 0.3) is 0 Å². The van der Waals surface area contributed by atoms with E-state index in [1.807, 2.05) is 37.3 Å². The maximum Gasteiger partial charge on any atom is 0.278 e. The average molecular weight is 215 g/mol. The van der Waals surface area contributed by atoms with Crippen molar-refractivity contribution >= 4 is 11.6 Å². The molecule has 0 aliphatic rings. The van der Waals surface area contributed by atoms with E-state index in [0.717, 1.165) is 11.4 Å². The van der Waals surface area contributed by atoms with Crippen LogP contribution in [-0.2, 0) is 0 Å². The van der Waals surface area contributed by atoms with Gasteiger partial charge in [0.05, 0.1) is 6.33 Å². The molecule has 0 unspecified atom stereocenters. The van der Waals surface area contributed by atoms with Crippen molar-refractivity contribution in [2.24, 2.45) is 0 Å². The summed E-state index contributed by atoms with van der Waals surface area (Å²) in [5.41, 5.74) is 2.11. The van der Waals surface area contributed by atoms with Crippen LogP contribution < -0.4 is 4.90 Å². The van der Waals surface area contributed by atoms with Gasteiger partial charge in [0.15, 0.2) is 0 Å². The van der Waals surface area contributed by atoms with E-state index in [1.54, 1.807) is 11.9 Å². The number of anilines is 1. The molecule has 4 nitrogen and oxygen atoms in total. The molecule has 0 saturated heterocycles. The molecular formula is C12H13N3O. The number of rotatable bonds is 2. The predicted octanol–water partition coefficient (Wildman–Crippen LogP) is 1.99. The second-order valence-corrected chi connectivity index (χ2v) is 3.58. The van der Waals surface area contributed by atoms with Gasteiger partial charge < -0.3 is 9.88 Å². The summed E-state index contributed by atoms with van der Waals surface area (Å²) in [6.45, 7) is 1.83. The van der Waals surface area contributed by atoms with Crippen LogP contribution in [0.4, 0.5) is 5.69 Å². The fourth-order valence-electron chi connectivity index (χ4n) is 1.50. The van der Waals surface area contributed by atoms with Crippen molar-refractivity contribution in [3.05, 3.63) is 48.0 Å². The maximum absolute atomic E-state index is 12.1. The molecule has 0 saturated carbocycles. The smallest absolute Gasteiger partial charge is 0.278 e. The molecule has 0 fully saturated rings. The number of hydrogen-bond acceptors (Lipinski definition) is 2. The molecule has 4 heteroatoms. The summed E-state index contributed by atoms with van der Waals surface area (Å²) < 4.78 is 0. The molecule has 0 radical (unpaired) electrons. The molecule has 0 atom stereocenters. The van der Waals surface area contributed by atoms with E-state index in [2.05, 4.69) is 9.97 Å². The molecule has 16 heavy (non-hydrogen) atoms. The third-order valence-corrected chi connectivity index (χ3v) is 2.48. The predicted molar refractivity (Wildman–Crippen MR) is 62.5 cm³/mol. The molecule has 1 N–H and O–H groups in total. The first-order valence-electron chi connectivity index (χ1n) is 5.03. The highest BCUT2D eigenvalue weighted by Crippen LogP contribution is 2.14. The van der Waals surface area contributed by atoms with Gasteiger partial charge in [-0.05, 0) is 19.1 Å². The summed E-state index contributed by atoms with van der Waals surface area (Å²) in [6, 6.07) is 9.49. The van der Waals surface area contributed by atoms with Crippen molar-refractivity contribution in [3.8, 4) is 0 Å². The van der Waals surface area contributed by atoms with Gasteiger partial charge >= 0.3 is 0 Å². The van der Waals surface area contributed by atoms with Crippen molar-refractivity contribution in [1.82, 2.24) is 9.97 Å². The van der Waals surface area contributed by atoms with Crippen molar-refractivity contribution in [2.45, 2.75) is 6.92 Å². The minimum Gasteiger partial charge on any atom is -0.348 e. The van der Waals surface area contributed by atoms with Crippen LogP contribution in [0.1, 0.15) is 16.2 Å². The Hall–Kier alpha value is -2.10. The molecule has 2 rings (SSSR count). The van der Waals surface area contributed by atoms with Gasteiger partial charge in [0.25, 0.3) is 5.91 Å². The van der Waals surface area contributed by atoms with Crippen LogP contribution >= 0.6 is 0 Å². The van der Waals surface area contributed by atoms with Crippen molar-refractivity contribution in [3.63, 3.8) is 0 Å². The third kappa shape index (κ3) is 1.82. The lowest BCUT2D eigenvalue weighted by molar-refractivity contribution is 0.0988. The third-order valence-electron chi connectivity index (χ3n) is 2.48. The lowest BCUT2D eigenvalue weighted by Gasteiger charge is -2.16. The normalized spacial score (nSPS) is 10.1. The lowest BCUT2D eigenvalue weighted by atomic mass is 10.2. The zero-order chi connectivity index (χ0) is 11.5. The maximum atomic E-state index is 12.1.